The standard InChI is InChI=1S/C26H27NO3/c1-19-11-10-12-20(17-19)18-23(24(28)30-3)27-25(29)26(2,21-13-6-4-7-14-21)22-15-8-5-9-16-22/h4-17,23H,18H2,1-3H3,(H,27,29)/t23-/m1/s1. The Balaban J connectivity index is 1.95. The summed E-state index contributed by atoms with van der Waals surface area (Å²) in [7, 11) is 1.34. The minimum atomic E-state index is -0.957. The van der Waals surface area contributed by atoms with E-state index in [4.69, 9.17) is 4.74 Å². The molecule has 1 atom stereocenters. The molecular weight excluding hydrogens is 374 g/mol. The monoisotopic (exact) mass is 401 g/mol. The van der Waals surface area contributed by atoms with E-state index in [9.17, 15) is 9.59 Å². The van der Waals surface area contributed by atoms with Gasteiger partial charge in [-0.15, -0.1) is 0 Å². The van der Waals surface area contributed by atoms with E-state index in [1.807, 2.05) is 98.8 Å². The molecule has 0 aromatic heterocycles. The van der Waals surface area contributed by atoms with Crippen molar-refractivity contribution in [3.05, 3.63) is 107 Å². The maximum absolute atomic E-state index is 13.6. The third-order valence-electron chi connectivity index (χ3n) is 5.47. The Labute approximate surface area is 177 Å². The topological polar surface area (TPSA) is 55.4 Å². The molecule has 0 bridgehead atoms. The molecule has 0 heterocycles. The third kappa shape index (κ3) is 4.60. The first-order valence-corrected chi connectivity index (χ1v) is 10.0. The Morgan fingerprint density at radius 3 is 1.97 bits per heavy atom. The van der Waals surface area contributed by atoms with E-state index in [1.54, 1.807) is 0 Å². The minimum Gasteiger partial charge on any atom is -0.467 e. The van der Waals surface area contributed by atoms with E-state index in [1.165, 1.54) is 7.11 Å². The van der Waals surface area contributed by atoms with Crippen molar-refractivity contribution in [2.24, 2.45) is 0 Å². The molecular formula is C26H27NO3. The second-order valence-electron chi connectivity index (χ2n) is 7.60. The Morgan fingerprint density at radius 1 is 0.900 bits per heavy atom. The first-order valence-electron chi connectivity index (χ1n) is 10.0. The number of esters is 1. The zero-order valence-electron chi connectivity index (χ0n) is 17.6. The molecule has 3 aromatic rings. The Kier molecular flexibility index (Phi) is 6.68. The van der Waals surface area contributed by atoms with Crippen LogP contribution in [0.3, 0.4) is 0 Å². The summed E-state index contributed by atoms with van der Waals surface area (Å²) in [5.74, 6) is -0.712. The number of carbonyl (C=O) groups excluding carboxylic acids is 2. The number of amides is 1. The lowest BCUT2D eigenvalue weighted by Crippen LogP contribution is -2.51. The van der Waals surface area contributed by atoms with Gasteiger partial charge < -0.3 is 10.1 Å². The number of methoxy groups -OCH3 is 1. The SMILES string of the molecule is COC(=O)[C@@H](Cc1cccc(C)c1)NC(=O)C(C)(c1ccccc1)c1ccccc1. The van der Waals surface area contributed by atoms with Crippen LogP contribution in [0.25, 0.3) is 0 Å². The van der Waals surface area contributed by atoms with Gasteiger partial charge in [0.25, 0.3) is 0 Å². The van der Waals surface area contributed by atoms with Crippen LogP contribution in [0.15, 0.2) is 84.9 Å². The Hall–Kier alpha value is -3.40. The molecule has 154 valence electrons. The van der Waals surface area contributed by atoms with Crippen molar-refractivity contribution in [1.82, 2.24) is 5.32 Å². The summed E-state index contributed by atoms with van der Waals surface area (Å²) in [6.45, 7) is 3.88. The van der Waals surface area contributed by atoms with Crippen LogP contribution in [0.4, 0.5) is 0 Å². The van der Waals surface area contributed by atoms with E-state index in [0.717, 1.165) is 22.3 Å². The minimum absolute atomic E-state index is 0.247. The van der Waals surface area contributed by atoms with Gasteiger partial charge in [0.05, 0.1) is 12.5 Å². The van der Waals surface area contributed by atoms with Gasteiger partial charge in [0, 0.05) is 6.42 Å². The van der Waals surface area contributed by atoms with Crippen molar-refractivity contribution in [2.75, 3.05) is 7.11 Å². The molecule has 0 spiro atoms. The van der Waals surface area contributed by atoms with Crippen molar-refractivity contribution >= 4 is 11.9 Å². The number of ether oxygens (including phenoxy) is 1. The Morgan fingerprint density at radius 2 is 1.47 bits per heavy atom. The molecule has 0 unspecified atom stereocenters. The number of carbonyl (C=O) groups is 2. The second kappa shape index (κ2) is 9.40. The summed E-state index contributed by atoms with van der Waals surface area (Å²) in [5.41, 5.74) is 2.81. The van der Waals surface area contributed by atoms with Crippen molar-refractivity contribution in [3.8, 4) is 0 Å². The first-order chi connectivity index (χ1) is 14.4. The molecule has 4 nitrogen and oxygen atoms in total. The predicted octanol–water partition coefficient (Wildman–Crippen LogP) is 4.20. The van der Waals surface area contributed by atoms with Gasteiger partial charge in [-0.2, -0.15) is 0 Å². The predicted molar refractivity (Wildman–Crippen MR) is 118 cm³/mol. The number of aryl methyl sites for hydroxylation is 1. The molecule has 3 aromatic carbocycles. The van der Waals surface area contributed by atoms with Gasteiger partial charge in [-0.25, -0.2) is 4.79 Å². The van der Waals surface area contributed by atoms with E-state index in [-0.39, 0.29) is 5.91 Å². The van der Waals surface area contributed by atoms with Gasteiger partial charge >= 0.3 is 5.97 Å². The van der Waals surface area contributed by atoms with Crippen LogP contribution in [-0.2, 0) is 26.2 Å². The van der Waals surface area contributed by atoms with Crippen molar-refractivity contribution < 1.29 is 14.3 Å². The largest absolute Gasteiger partial charge is 0.467 e. The fourth-order valence-electron chi connectivity index (χ4n) is 3.68. The third-order valence-corrected chi connectivity index (χ3v) is 5.47. The highest BCUT2D eigenvalue weighted by molar-refractivity contribution is 5.94. The van der Waals surface area contributed by atoms with Gasteiger partial charge in [0.1, 0.15) is 6.04 Å². The zero-order valence-corrected chi connectivity index (χ0v) is 17.6. The van der Waals surface area contributed by atoms with Gasteiger partial charge in [-0.05, 0) is 30.5 Å². The van der Waals surface area contributed by atoms with E-state index >= 15 is 0 Å². The van der Waals surface area contributed by atoms with E-state index in [2.05, 4.69) is 5.32 Å². The molecule has 0 saturated heterocycles. The van der Waals surface area contributed by atoms with Gasteiger partial charge in [0.15, 0.2) is 0 Å². The molecule has 0 radical (unpaired) electrons. The number of hydrogen-bond acceptors (Lipinski definition) is 3. The lowest BCUT2D eigenvalue weighted by atomic mass is 9.75. The van der Waals surface area contributed by atoms with Crippen LogP contribution in [0.5, 0.6) is 0 Å². The van der Waals surface area contributed by atoms with Crippen LogP contribution in [0, 0.1) is 6.92 Å². The van der Waals surface area contributed by atoms with Crippen molar-refractivity contribution in [1.29, 1.82) is 0 Å². The summed E-state index contributed by atoms with van der Waals surface area (Å²) >= 11 is 0. The van der Waals surface area contributed by atoms with Crippen molar-refractivity contribution in [3.63, 3.8) is 0 Å². The molecule has 0 aliphatic carbocycles. The molecule has 0 saturated carbocycles. The summed E-state index contributed by atoms with van der Waals surface area (Å²) < 4.78 is 4.99. The fourth-order valence-corrected chi connectivity index (χ4v) is 3.68. The zero-order chi connectivity index (χ0) is 21.6. The molecule has 0 aliphatic rings. The van der Waals surface area contributed by atoms with Gasteiger partial charge in [0.2, 0.25) is 5.91 Å². The lowest BCUT2D eigenvalue weighted by molar-refractivity contribution is -0.145. The summed E-state index contributed by atoms with van der Waals surface area (Å²) in [6.07, 6.45) is 0.361. The van der Waals surface area contributed by atoms with Crippen molar-refractivity contribution in [2.45, 2.75) is 31.7 Å². The maximum Gasteiger partial charge on any atom is 0.328 e. The first kappa shape index (κ1) is 21.3. The summed E-state index contributed by atoms with van der Waals surface area (Å²) in [5, 5.41) is 2.96. The average molecular weight is 402 g/mol. The Bertz CT molecular complexity index is 960. The average Bonchev–Trinajstić information content (AvgIpc) is 2.78. The number of hydrogen-bond donors (Lipinski definition) is 1. The second-order valence-corrected chi connectivity index (χ2v) is 7.60. The molecule has 1 N–H and O–H groups in total. The number of benzene rings is 3. The fraction of sp³-hybridized carbons (Fsp3) is 0.231. The smallest absolute Gasteiger partial charge is 0.328 e. The van der Waals surface area contributed by atoms with Gasteiger partial charge in [-0.3, -0.25) is 4.79 Å². The molecule has 0 aliphatic heterocycles. The van der Waals surface area contributed by atoms with E-state index < -0.39 is 17.4 Å². The highest BCUT2D eigenvalue weighted by atomic mass is 16.5. The number of nitrogens with one attached hydrogen (secondary N) is 1. The van der Waals surface area contributed by atoms with Crippen LogP contribution < -0.4 is 5.32 Å². The quantitative estimate of drug-likeness (QED) is 0.604. The molecule has 1 amide bonds. The number of rotatable bonds is 7. The summed E-state index contributed by atoms with van der Waals surface area (Å²) in [6, 6.07) is 26.3. The highest BCUT2D eigenvalue weighted by Gasteiger charge is 2.39. The molecule has 4 heteroatoms. The maximum atomic E-state index is 13.6. The van der Waals surface area contributed by atoms with Crippen LogP contribution in [0.2, 0.25) is 0 Å². The molecule has 0 fully saturated rings. The van der Waals surface area contributed by atoms with Crippen LogP contribution in [-0.4, -0.2) is 25.0 Å². The van der Waals surface area contributed by atoms with Crippen LogP contribution in [0.1, 0.15) is 29.2 Å². The molecule has 3 rings (SSSR count). The van der Waals surface area contributed by atoms with Gasteiger partial charge in [-0.1, -0.05) is 90.5 Å². The normalized spacial score (nSPS) is 12.1. The highest BCUT2D eigenvalue weighted by Crippen LogP contribution is 2.32. The summed E-state index contributed by atoms with van der Waals surface area (Å²) in [4.78, 5) is 26.1. The lowest BCUT2D eigenvalue weighted by Gasteiger charge is -2.31. The van der Waals surface area contributed by atoms with Crippen LogP contribution >= 0.6 is 0 Å². The van der Waals surface area contributed by atoms with E-state index in [0.29, 0.717) is 6.42 Å². The molecule has 30 heavy (non-hydrogen) atoms.